The lowest BCUT2D eigenvalue weighted by atomic mass is 9.81. The summed E-state index contributed by atoms with van der Waals surface area (Å²) in [5.41, 5.74) is 20.2. The van der Waals surface area contributed by atoms with Gasteiger partial charge in [-0.05, 0) is 145 Å². The van der Waals surface area contributed by atoms with E-state index in [1.54, 1.807) is 0 Å². The highest BCUT2D eigenvalue weighted by atomic mass is 15.2. The molecule has 0 saturated carbocycles. The predicted molar refractivity (Wildman–Crippen MR) is 260 cm³/mol. The summed E-state index contributed by atoms with van der Waals surface area (Å²) in [4.78, 5) is 4.88. The van der Waals surface area contributed by atoms with Gasteiger partial charge >= 0.3 is 0 Å². The van der Waals surface area contributed by atoms with Crippen LogP contribution >= 0.6 is 0 Å². The number of rotatable bonds is 4. The van der Waals surface area contributed by atoms with Gasteiger partial charge in [-0.2, -0.15) is 0 Å². The minimum Gasteiger partial charge on any atom is -0.310 e. The van der Waals surface area contributed by atoms with Gasteiger partial charge in [-0.15, -0.1) is 0 Å². The molecule has 290 valence electrons. The Labute approximate surface area is 358 Å². The Balaban J connectivity index is 0.845. The van der Waals surface area contributed by atoms with Crippen LogP contribution in [-0.4, -0.2) is 0 Å². The summed E-state index contributed by atoms with van der Waals surface area (Å²) in [6, 6.07) is 67.6. The van der Waals surface area contributed by atoms with E-state index in [9.17, 15) is 0 Å². The molecule has 12 rings (SSSR count). The number of fused-ring (bicyclic) bond motifs is 10. The van der Waals surface area contributed by atoms with E-state index in [0.29, 0.717) is 0 Å². The summed E-state index contributed by atoms with van der Waals surface area (Å²) in [5.74, 6) is 0. The molecule has 0 amide bonds. The third-order valence-electron chi connectivity index (χ3n) is 13.4. The van der Waals surface area contributed by atoms with Gasteiger partial charge in [0.15, 0.2) is 0 Å². The number of aryl methyl sites for hydroxylation is 2. The van der Waals surface area contributed by atoms with Crippen molar-refractivity contribution >= 4 is 80.0 Å². The van der Waals surface area contributed by atoms with E-state index in [1.807, 2.05) is 0 Å². The van der Waals surface area contributed by atoms with Crippen LogP contribution in [0.1, 0.15) is 58.4 Å². The number of hydrogen-bond acceptors (Lipinski definition) is 2. The lowest BCUT2D eigenvalue weighted by Gasteiger charge is -2.29. The Morgan fingerprint density at radius 1 is 0.410 bits per heavy atom. The van der Waals surface area contributed by atoms with Gasteiger partial charge < -0.3 is 9.80 Å². The van der Waals surface area contributed by atoms with Gasteiger partial charge in [0, 0.05) is 28.2 Å². The van der Waals surface area contributed by atoms with Crippen molar-refractivity contribution in [3.05, 3.63) is 226 Å². The van der Waals surface area contributed by atoms with Gasteiger partial charge in [-0.1, -0.05) is 166 Å². The summed E-state index contributed by atoms with van der Waals surface area (Å²) in [6.45, 7) is 4.76. The molecule has 0 bridgehead atoms. The molecule has 2 heterocycles. The molecule has 61 heavy (non-hydrogen) atoms. The first-order valence-electron chi connectivity index (χ1n) is 21.5. The summed E-state index contributed by atoms with van der Waals surface area (Å²) in [5, 5.41) is 5.05. The highest BCUT2D eigenvalue weighted by Gasteiger charge is 2.36. The number of hydrogen-bond donors (Lipinski definition) is 0. The molecule has 0 atom stereocenters. The van der Waals surface area contributed by atoms with E-state index >= 15 is 0 Å². The second kappa shape index (κ2) is 13.8. The molecule has 0 fully saturated rings. The maximum absolute atomic E-state index is 2.46. The maximum atomic E-state index is 2.46. The quantitative estimate of drug-likeness (QED) is 0.130. The van der Waals surface area contributed by atoms with Crippen molar-refractivity contribution in [3.8, 4) is 11.1 Å². The van der Waals surface area contributed by atoms with Crippen LogP contribution in [0.2, 0.25) is 0 Å². The van der Waals surface area contributed by atoms with Gasteiger partial charge in [-0.3, -0.25) is 0 Å². The lowest BCUT2D eigenvalue weighted by molar-refractivity contribution is 0.660. The zero-order chi connectivity index (χ0) is 40.7. The zero-order valence-corrected chi connectivity index (χ0v) is 34.4. The largest absolute Gasteiger partial charge is 0.310 e. The standard InChI is InChI=1S/C59H44N2/c1-59(2)53-36-40(22-32-51(53)52-34-30-48(38-54(52)59)61-57-17-9-5-13-43(57)25-26-44-14-6-10-18-58(44)61)20-19-39-21-31-49-45(35-39)27-28-46-37-47(29-33-50(46)49)60-55-15-7-3-11-41(55)23-24-42-12-4-8-16-56(42)60/h3-22,25-38H,23-24H2,1-2H3. The van der Waals surface area contributed by atoms with Crippen LogP contribution in [0.4, 0.5) is 34.1 Å². The Morgan fingerprint density at radius 2 is 0.869 bits per heavy atom. The molecule has 0 saturated heterocycles. The molecule has 1 aliphatic carbocycles. The first-order valence-corrected chi connectivity index (χ1v) is 21.5. The third kappa shape index (κ3) is 5.78. The molecule has 0 spiro atoms. The van der Waals surface area contributed by atoms with E-state index in [2.05, 4.69) is 230 Å². The van der Waals surface area contributed by atoms with Crippen molar-refractivity contribution in [2.45, 2.75) is 32.1 Å². The van der Waals surface area contributed by atoms with Crippen molar-refractivity contribution in [1.82, 2.24) is 0 Å². The van der Waals surface area contributed by atoms with Crippen molar-refractivity contribution in [3.63, 3.8) is 0 Å². The van der Waals surface area contributed by atoms with Crippen LogP contribution in [0, 0.1) is 0 Å². The van der Waals surface area contributed by atoms with Crippen molar-refractivity contribution < 1.29 is 0 Å². The molecule has 2 aliphatic heterocycles. The van der Waals surface area contributed by atoms with Crippen molar-refractivity contribution in [1.29, 1.82) is 0 Å². The molecule has 0 radical (unpaired) electrons. The molecule has 0 aromatic heterocycles. The first kappa shape index (κ1) is 35.5. The Kier molecular flexibility index (Phi) is 8.05. The van der Waals surface area contributed by atoms with Crippen LogP contribution in [0.15, 0.2) is 182 Å². The minimum absolute atomic E-state index is 0.155. The molecule has 0 N–H and O–H groups in total. The average molecular weight is 781 g/mol. The maximum Gasteiger partial charge on any atom is 0.0534 e. The summed E-state index contributed by atoms with van der Waals surface area (Å²) < 4.78 is 0. The van der Waals surface area contributed by atoms with E-state index in [4.69, 9.17) is 0 Å². The zero-order valence-electron chi connectivity index (χ0n) is 34.4. The SMILES string of the molecule is CC1(C)c2cc(C=Cc3ccc4c(ccc5cc(N6c7ccccc7CCc7ccccc76)ccc54)c3)ccc2-c2ccc(N3c4ccccc4C=Cc4ccccc43)cc21. The number of nitrogens with zero attached hydrogens (tertiary/aromatic N) is 2. The molecule has 2 nitrogen and oxygen atoms in total. The van der Waals surface area contributed by atoms with Crippen LogP contribution in [0.5, 0.6) is 0 Å². The molecule has 9 aromatic carbocycles. The second-order valence-corrected chi connectivity index (χ2v) is 17.3. The molecular formula is C59H44N2. The second-order valence-electron chi connectivity index (χ2n) is 17.3. The van der Waals surface area contributed by atoms with Crippen LogP contribution < -0.4 is 9.80 Å². The fourth-order valence-electron chi connectivity index (χ4n) is 10.3. The molecule has 2 heteroatoms. The van der Waals surface area contributed by atoms with Gasteiger partial charge in [-0.25, -0.2) is 0 Å². The van der Waals surface area contributed by atoms with Crippen LogP contribution in [-0.2, 0) is 18.3 Å². The summed E-state index contributed by atoms with van der Waals surface area (Å²) in [7, 11) is 0. The van der Waals surface area contributed by atoms with E-state index in [0.717, 1.165) is 12.8 Å². The molecule has 9 aromatic rings. The summed E-state index contributed by atoms with van der Waals surface area (Å²) >= 11 is 0. The predicted octanol–water partition coefficient (Wildman–Crippen LogP) is 16.0. The van der Waals surface area contributed by atoms with Crippen LogP contribution in [0.25, 0.3) is 57.0 Å². The number of benzene rings is 9. The van der Waals surface area contributed by atoms with E-state index in [-0.39, 0.29) is 5.41 Å². The number of para-hydroxylation sites is 4. The molecular weight excluding hydrogens is 737 g/mol. The topological polar surface area (TPSA) is 6.48 Å². The van der Waals surface area contributed by atoms with Crippen molar-refractivity contribution in [2.24, 2.45) is 0 Å². The summed E-state index contributed by atoms with van der Waals surface area (Å²) in [6.07, 6.45) is 11.1. The van der Waals surface area contributed by atoms with E-state index in [1.165, 1.54) is 111 Å². The number of anilines is 6. The highest BCUT2D eigenvalue weighted by Crippen LogP contribution is 2.52. The molecule has 3 aliphatic rings. The third-order valence-corrected chi connectivity index (χ3v) is 13.4. The van der Waals surface area contributed by atoms with Gasteiger partial charge in [0.25, 0.3) is 0 Å². The van der Waals surface area contributed by atoms with Crippen molar-refractivity contribution in [2.75, 3.05) is 9.80 Å². The average Bonchev–Trinajstić information content (AvgIpc) is 3.43. The lowest BCUT2D eigenvalue weighted by Crippen LogP contribution is -2.17. The fourth-order valence-corrected chi connectivity index (χ4v) is 10.3. The fraction of sp³-hybridized carbons (Fsp3) is 0.0847. The van der Waals surface area contributed by atoms with Crippen LogP contribution in [0.3, 0.4) is 0 Å². The monoisotopic (exact) mass is 780 g/mol. The van der Waals surface area contributed by atoms with E-state index < -0.39 is 0 Å². The normalized spacial score (nSPS) is 14.5. The minimum atomic E-state index is -0.155. The smallest absolute Gasteiger partial charge is 0.0534 e. The first-order chi connectivity index (χ1) is 30.0. The van der Waals surface area contributed by atoms with Gasteiger partial charge in [0.05, 0.1) is 11.4 Å². The van der Waals surface area contributed by atoms with Gasteiger partial charge in [0.1, 0.15) is 0 Å². The molecule has 0 unspecified atom stereocenters. The Hall–Kier alpha value is -7.42. The van der Waals surface area contributed by atoms with Gasteiger partial charge in [0.2, 0.25) is 0 Å². The Bertz CT molecular complexity index is 3210. The Morgan fingerprint density at radius 3 is 1.52 bits per heavy atom. The highest BCUT2D eigenvalue weighted by molar-refractivity contribution is 6.09.